The van der Waals surface area contributed by atoms with Gasteiger partial charge in [-0.2, -0.15) is 9.61 Å². The molecule has 4 aromatic heterocycles. The van der Waals surface area contributed by atoms with Crippen LogP contribution in [0.25, 0.3) is 27.9 Å². The van der Waals surface area contributed by atoms with Crippen molar-refractivity contribution < 1.29 is 14.3 Å². The van der Waals surface area contributed by atoms with Gasteiger partial charge in [-0.05, 0) is 37.8 Å². The molecule has 1 aliphatic carbocycles. The standard InChI is InChI=1S/C19H19N7O2.C5H10O/c1-21-16-7-15(24-19-13(17(20)27)8-23-26(16)19)14-9-25(11-4-6-28-10-11)18-12(14)3-2-5-22-18;1-6-5-3-2-4-5/h2-3,5,7-9,11,21H,4,6,10H2,1H3,(H2,20,27);5H,2-4H2,1H3. The topological polar surface area (TPSA) is 122 Å². The van der Waals surface area contributed by atoms with E-state index in [0.29, 0.717) is 24.2 Å². The van der Waals surface area contributed by atoms with Crippen molar-refractivity contribution in [3.8, 4) is 11.3 Å². The number of nitrogens with one attached hydrogen (secondary N) is 1. The van der Waals surface area contributed by atoms with Crippen LogP contribution in [-0.4, -0.2) is 63.5 Å². The lowest BCUT2D eigenvalue weighted by Crippen LogP contribution is -2.18. The first-order chi connectivity index (χ1) is 16.6. The fraction of sp³-hybridized carbons (Fsp3) is 0.417. The Morgan fingerprint density at radius 3 is 2.76 bits per heavy atom. The zero-order valence-electron chi connectivity index (χ0n) is 19.4. The Labute approximate surface area is 197 Å². The van der Waals surface area contributed by atoms with Crippen molar-refractivity contribution in [1.82, 2.24) is 24.1 Å². The summed E-state index contributed by atoms with van der Waals surface area (Å²) >= 11 is 0. The van der Waals surface area contributed by atoms with E-state index in [2.05, 4.69) is 26.2 Å². The van der Waals surface area contributed by atoms with Crippen LogP contribution in [0.2, 0.25) is 0 Å². The predicted octanol–water partition coefficient (Wildman–Crippen LogP) is 3.03. The van der Waals surface area contributed by atoms with E-state index in [1.165, 1.54) is 25.5 Å². The molecular formula is C24H29N7O3. The number of hydrogen-bond donors (Lipinski definition) is 2. The van der Waals surface area contributed by atoms with Crippen molar-refractivity contribution in [1.29, 1.82) is 0 Å². The number of nitrogens with two attached hydrogens (primary N) is 1. The monoisotopic (exact) mass is 463 g/mol. The summed E-state index contributed by atoms with van der Waals surface area (Å²) in [5.41, 5.74) is 8.75. The van der Waals surface area contributed by atoms with Crippen LogP contribution in [0.5, 0.6) is 0 Å². The van der Waals surface area contributed by atoms with Gasteiger partial charge in [0.15, 0.2) is 5.65 Å². The summed E-state index contributed by atoms with van der Waals surface area (Å²) in [4.78, 5) is 21.1. The molecule has 2 fully saturated rings. The summed E-state index contributed by atoms with van der Waals surface area (Å²) in [6.45, 7) is 1.42. The summed E-state index contributed by atoms with van der Waals surface area (Å²) in [6.07, 6.45) is 10.8. The van der Waals surface area contributed by atoms with Crippen molar-refractivity contribution in [2.75, 3.05) is 32.7 Å². The molecule has 6 rings (SSSR count). The Morgan fingerprint density at radius 2 is 2.15 bits per heavy atom. The smallest absolute Gasteiger partial charge is 0.254 e. The maximum Gasteiger partial charge on any atom is 0.254 e. The molecule has 178 valence electrons. The Kier molecular flexibility index (Phi) is 6.16. The molecule has 10 heteroatoms. The minimum absolute atomic E-state index is 0.245. The number of primary amides is 1. The molecule has 0 radical (unpaired) electrons. The van der Waals surface area contributed by atoms with Gasteiger partial charge in [-0.15, -0.1) is 0 Å². The second-order valence-electron chi connectivity index (χ2n) is 8.57. The second-order valence-corrected chi connectivity index (χ2v) is 8.57. The van der Waals surface area contributed by atoms with Gasteiger partial charge in [0, 0.05) is 50.2 Å². The highest BCUT2D eigenvalue weighted by Crippen LogP contribution is 2.34. The number of pyridine rings is 1. The molecule has 1 amide bonds. The van der Waals surface area contributed by atoms with Crippen LogP contribution in [0.15, 0.2) is 36.8 Å². The average molecular weight is 464 g/mol. The minimum Gasteiger partial charge on any atom is -0.381 e. The highest BCUT2D eigenvalue weighted by atomic mass is 16.5. The predicted molar refractivity (Wildman–Crippen MR) is 129 cm³/mol. The van der Waals surface area contributed by atoms with Crippen LogP contribution in [0.3, 0.4) is 0 Å². The number of rotatable bonds is 5. The van der Waals surface area contributed by atoms with Crippen LogP contribution < -0.4 is 11.1 Å². The van der Waals surface area contributed by atoms with E-state index >= 15 is 0 Å². The number of nitrogens with zero attached hydrogens (tertiary/aromatic N) is 5. The molecular weight excluding hydrogens is 434 g/mol. The largest absolute Gasteiger partial charge is 0.381 e. The quantitative estimate of drug-likeness (QED) is 0.466. The maximum absolute atomic E-state index is 11.8. The summed E-state index contributed by atoms with van der Waals surface area (Å²) < 4.78 is 14.3. The highest BCUT2D eigenvalue weighted by molar-refractivity contribution is 6.00. The molecule has 34 heavy (non-hydrogen) atoms. The molecule has 1 atom stereocenters. The van der Waals surface area contributed by atoms with E-state index < -0.39 is 5.91 Å². The molecule has 0 bridgehead atoms. The Balaban J connectivity index is 0.000000351. The normalized spacial score (nSPS) is 18.0. The number of hydrogen-bond acceptors (Lipinski definition) is 7. The number of methoxy groups -OCH3 is 1. The van der Waals surface area contributed by atoms with Crippen LogP contribution in [0.4, 0.5) is 5.82 Å². The van der Waals surface area contributed by atoms with Crippen molar-refractivity contribution in [2.24, 2.45) is 5.73 Å². The SMILES string of the molecule is CNc1cc(-c2cn(C3CCOC3)c3ncccc23)nc2c(C(N)=O)cnn12.COC1CCC1. The van der Waals surface area contributed by atoms with Crippen LogP contribution in [-0.2, 0) is 9.47 Å². The lowest BCUT2D eigenvalue weighted by molar-refractivity contribution is 0.0412. The van der Waals surface area contributed by atoms with Crippen molar-refractivity contribution in [3.63, 3.8) is 0 Å². The molecule has 10 nitrogen and oxygen atoms in total. The van der Waals surface area contributed by atoms with Crippen molar-refractivity contribution >= 4 is 28.4 Å². The third-order valence-corrected chi connectivity index (χ3v) is 6.54. The van der Waals surface area contributed by atoms with Gasteiger partial charge in [-0.3, -0.25) is 4.79 Å². The highest BCUT2D eigenvalue weighted by Gasteiger charge is 2.23. The third-order valence-electron chi connectivity index (χ3n) is 6.54. The molecule has 3 N–H and O–H groups in total. The zero-order valence-corrected chi connectivity index (χ0v) is 19.4. The number of fused-ring (bicyclic) bond motifs is 2. The number of carbonyl (C=O) groups excluding carboxylic acids is 1. The molecule has 0 aromatic carbocycles. The summed E-state index contributed by atoms with van der Waals surface area (Å²) in [5.74, 6) is 0.149. The number of ether oxygens (including phenoxy) is 2. The number of amides is 1. The fourth-order valence-corrected chi connectivity index (χ4v) is 4.37. The van der Waals surface area contributed by atoms with Gasteiger partial charge >= 0.3 is 0 Å². The maximum atomic E-state index is 11.8. The lowest BCUT2D eigenvalue weighted by Gasteiger charge is -2.22. The summed E-state index contributed by atoms with van der Waals surface area (Å²) in [6, 6.07) is 6.09. The molecule has 1 unspecified atom stereocenters. The van der Waals surface area contributed by atoms with E-state index in [0.717, 1.165) is 35.3 Å². The molecule has 0 spiro atoms. The number of anilines is 1. The molecule has 1 saturated heterocycles. The molecule has 2 aliphatic rings. The van der Waals surface area contributed by atoms with Gasteiger partial charge in [-0.1, -0.05) is 0 Å². The van der Waals surface area contributed by atoms with Crippen LogP contribution >= 0.6 is 0 Å². The van der Waals surface area contributed by atoms with Gasteiger partial charge in [0.05, 0.1) is 30.6 Å². The Bertz CT molecular complexity index is 1320. The van der Waals surface area contributed by atoms with Gasteiger partial charge < -0.3 is 25.1 Å². The summed E-state index contributed by atoms with van der Waals surface area (Å²) in [7, 11) is 3.58. The van der Waals surface area contributed by atoms with Gasteiger partial charge in [0.1, 0.15) is 17.0 Å². The van der Waals surface area contributed by atoms with E-state index in [9.17, 15) is 4.79 Å². The van der Waals surface area contributed by atoms with E-state index in [-0.39, 0.29) is 11.6 Å². The average Bonchev–Trinajstić information content (AvgIpc) is 3.55. The van der Waals surface area contributed by atoms with Crippen LogP contribution in [0.1, 0.15) is 42.1 Å². The van der Waals surface area contributed by atoms with E-state index in [4.69, 9.17) is 20.2 Å². The third kappa shape index (κ3) is 3.99. The van der Waals surface area contributed by atoms with E-state index in [1.807, 2.05) is 18.2 Å². The first-order valence-corrected chi connectivity index (χ1v) is 11.5. The molecule has 4 aromatic rings. The van der Waals surface area contributed by atoms with E-state index in [1.54, 1.807) is 24.9 Å². The fourth-order valence-electron chi connectivity index (χ4n) is 4.37. The first-order valence-electron chi connectivity index (χ1n) is 11.5. The Hall–Kier alpha value is -3.50. The number of aromatic nitrogens is 5. The second kappa shape index (κ2) is 9.40. The molecule has 1 saturated carbocycles. The van der Waals surface area contributed by atoms with Crippen molar-refractivity contribution in [2.45, 2.75) is 37.8 Å². The first kappa shape index (κ1) is 22.3. The van der Waals surface area contributed by atoms with Gasteiger partial charge in [-0.25, -0.2) is 9.97 Å². The van der Waals surface area contributed by atoms with Crippen molar-refractivity contribution in [3.05, 3.63) is 42.4 Å². The molecule has 5 heterocycles. The molecule has 1 aliphatic heterocycles. The summed E-state index contributed by atoms with van der Waals surface area (Å²) in [5, 5.41) is 8.33. The lowest BCUT2D eigenvalue weighted by atomic mass is 9.96. The minimum atomic E-state index is -0.561. The van der Waals surface area contributed by atoms with Gasteiger partial charge in [0.2, 0.25) is 0 Å². The van der Waals surface area contributed by atoms with Crippen LogP contribution in [0, 0.1) is 0 Å². The van der Waals surface area contributed by atoms with Gasteiger partial charge in [0.25, 0.3) is 5.91 Å². The Morgan fingerprint density at radius 1 is 1.29 bits per heavy atom. The zero-order chi connectivity index (χ0) is 23.7. The number of carbonyl (C=O) groups is 1.